The number of nitrogens with one attached hydrogen (secondary N) is 1. The van der Waals surface area contributed by atoms with E-state index >= 15 is 0 Å². The molecule has 1 atom stereocenters. The molecule has 116 valence electrons. The molecule has 1 aromatic rings. The summed E-state index contributed by atoms with van der Waals surface area (Å²) in [6.07, 6.45) is 1.66. The highest BCUT2D eigenvalue weighted by Crippen LogP contribution is 2.27. The molecule has 1 aliphatic rings. The van der Waals surface area contributed by atoms with Gasteiger partial charge in [-0.15, -0.1) is 0 Å². The molecule has 0 aromatic heterocycles. The third-order valence-electron chi connectivity index (χ3n) is 4.13. The molecular formula is C14H22N4O3. The zero-order valence-corrected chi connectivity index (χ0v) is 12.2. The highest BCUT2D eigenvalue weighted by molar-refractivity contribution is 5.61. The Morgan fingerprint density at radius 1 is 1.52 bits per heavy atom. The largest absolute Gasteiger partial charge is 0.393 e. The van der Waals surface area contributed by atoms with Crippen LogP contribution >= 0.6 is 0 Å². The van der Waals surface area contributed by atoms with E-state index in [1.165, 1.54) is 0 Å². The van der Waals surface area contributed by atoms with Crippen LogP contribution < -0.4 is 11.3 Å². The van der Waals surface area contributed by atoms with Gasteiger partial charge in [-0.25, -0.2) is 0 Å². The van der Waals surface area contributed by atoms with Gasteiger partial charge in [-0.1, -0.05) is 6.07 Å². The number of nitro benzene ring substituents is 1. The van der Waals surface area contributed by atoms with Crippen LogP contribution in [0.25, 0.3) is 0 Å². The van der Waals surface area contributed by atoms with Crippen molar-refractivity contribution in [1.82, 2.24) is 4.90 Å². The van der Waals surface area contributed by atoms with Crippen molar-refractivity contribution in [3.63, 3.8) is 0 Å². The number of nitrogens with two attached hydrogens (primary N) is 1. The van der Waals surface area contributed by atoms with Crippen molar-refractivity contribution in [1.29, 1.82) is 0 Å². The van der Waals surface area contributed by atoms with E-state index in [2.05, 4.69) is 10.3 Å². The van der Waals surface area contributed by atoms with Crippen LogP contribution in [0.2, 0.25) is 0 Å². The highest BCUT2D eigenvalue weighted by Gasteiger charge is 2.23. The third-order valence-corrected chi connectivity index (χ3v) is 4.13. The van der Waals surface area contributed by atoms with Crippen LogP contribution in [0.1, 0.15) is 25.3 Å². The molecule has 1 heterocycles. The number of nitrogen functional groups attached to an aromatic ring is 1. The molecule has 2 rings (SSSR count). The van der Waals surface area contributed by atoms with E-state index in [4.69, 9.17) is 5.84 Å². The van der Waals surface area contributed by atoms with Crippen molar-refractivity contribution in [2.75, 3.05) is 18.5 Å². The Labute approximate surface area is 123 Å². The number of rotatable bonds is 5. The van der Waals surface area contributed by atoms with Crippen LogP contribution in [-0.4, -0.2) is 34.1 Å². The van der Waals surface area contributed by atoms with Crippen LogP contribution in [0.5, 0.6) is 0 Å². The second kappa shape index (κ2) is 6.84. The number of nitro groups is 1. The predicted octanol–water partition coefficient (Wildman–Crippen LogP) is 1.47. The first-order valence-corrected chi connectivity index (χ1v) is 7.15. The fourth-order valence-electron chi connectivity index (χ4n) is 2.80. The van der Waals surface area contributed by atoms with Crippen molar-refractivity contribution in [2.45, 2.75) is 32.4 Å². The molecule has 1 aliphatic heterocycles. The number of aliphatic hydroxyl groups excluding tert-OH is 1. The van der Waals surface area contributed by atoms with Crippen molar-refractivity contribution in [2.24, 2.45) is 11.8 Å². The summed E-state index contributed by atoms with van der Waals surface area (Å²) in [6, 6.07) is 5.05. The predicted molar refractivity (Wildman–Crippen MR) is 80.6 cm³/mol. The van der Waals surface area contributed by atoms with E-state index in [0.717, 1.165) is 31.5 Å². The molecule has 0 amide bonds. The number of nitrogens with zero attached hydrogens (tertiary/aromatic N) is 2. The standard InChI is InChI=1S/C14H22N4O3/c1-10(19)12-4-6-17(7-5-12)9-11-2-3-13(16-15)14(8-11)18(20)21/h2-3,8,10,12,16,19H,4-7,9,15H2,1H3. The van der Waals surface area contributed by atoms with Gasteiger partial charge in [-0.2, -0.15) is 0 Å². The number of hydrogen-bond acceptors (Lipinski definition) is 6. The number of aliphatic hydroxyl groups is 1. The number of anilines is 1. The fraction of sp³-hybridized carbons (Fsp3) is 0.571. The topological polar surface area (TPSA) is 105 Å². The van der Waals surface area contributed by atoms with Gasteiger partial charge in [0.1, 0.15) is 5.69 Å². The first kappa shape index (κ1) is 15.7. The van der Waals surface area contributed by atoms with Crippen LogP contribution in [0.15, 0.2) is 18.2 Å². The molecular weight excluding hydrogens is 272 g/mol. The molecule has 0 radical (unpaired) electrons. The maximum Gasteiger partial charge on any atom is 0.293 e. The minimum absolute atomic E-state index is 0.00568. The quantitative estimate of drug-likeness (QED) is 0.431. The van der Waals surface area contributed by atoms with E-state index < -0.39 is 4.92 Å². The first-order chi connectivity index (χ1) is 10.0. The van der Waals surface area contributed by atoms with E-state index in [1.54, 1.807) is 12.1 Å². The Balaban J connectivity index is 2.01. The molecule has 0 bridgehead atoms. The van der Waals surface area contributed by atoms with E-state index in [9.17, 15) is 15.2 Å². The first-order valence-electron chi connectivity index (χ1n) is 7.15. The average molecular weight is 294 g/mol. The summed E-state index contributed by atoms with van der Waals surface area (Å²) in [5, 5.41) is 20.6. The lowest BCUT2D eigenvalue weighted by Gasteiger charge is -2.33. The Hall–Kier alpha value is -1.70. The number of benzene rings is 1. The lowest BCUT2D eigenvalue weighted by atomic mass is 9.92. The summed E-state index contributed by atoms with van der Waals surface area (Å²) >= 11 is 0. The number of hydrazine groups is 1. The van der Waals surface area contributed by atoms with Crippen molar-refractivity contribution >= 4 is 11.4 Å². The molecule has 1 aromatic carbocycles. The molecule has 1 fully saturated rings. The fourth-order valence-corrected chi connectivity index (χ4v) is 2.80. The van der Waals surface area contributed by atoms with Gasteiger partial charge >= 0.3 is 0 Å². The van der Waals surface area contributed by atoms with E-state index in [0.29, 0.717) is 18.2 Å². The Morgan fingerprint density at radius 2 is 2.19 bits per heavy atom. The Bertz CT molecular complexity index is 499. The molecule has 1 unspecified atom stereocenters. The summed E-state index contributed by atoms with van der Waals surface area (Å²) in [5.74, 6) is 5.64. The molecule has 0 saturated carbocycles. The van der Waals surface area contributed by atoms with Crippen molar-refractivity contribution < 1.29 is 10.0 Å². The maximum absolute atomic E-state index is 11.0. The number of likely N-dealkylation sites (tertiary alicyclic amines) is 1. The second-order valence-electron chi connectivity index (χ2n) is 5.61. The number of piperidine rings is 1. The average Bonchev–Trinajstić information content (AvgIpc) is 2.47. The molecule has 0 spiro atoms. The maximum atomic E-state index is 11.0. The van der Waals surface area contributed by atoms with Gasteiger partial charge in [-0.05, 0) is 50.4 Å². The smallest absolute Gasteiger partial charge is 0.293 e. The third kappa shape index (κ3) is 3.90. The van der Waals surface area contributed by atoms with Crippen LogP contribution in [-0.2, 0) is 6.54 Å². The van der Waals surface area contributed by atoms with E-state index in [1.807, 2.05) is 13.0 Å². The summed E-state index contributed by atoms with van der Waals surface area (Å²) < 4.78 is 0. The van der Waals surface area contributed by atoms with Gasteiger partial charge in [0.15, 0.2) is 0 Å². The Kier molecular flexibility index (Phi) is 5.11. The lowest BCUT2D eigenvalue weighted by molar-refractivity contribution is -0.384. The van der Waals surface area contributed by atoms with Gasteiger partial charge in [0.2, 0.25) is 0 Å². The van der Waals surface area contributed by atoms with Gasteiger partial charge in [0.25, 0.3) is 5.69 Å². The summed E-state index contributed by atoms with van der Waals surface area (Å²) in [7, 11) is 0. The molecule has 7 heteroatoms. The second-order valence-corrected chi connectivity index (χ2v) is 5.61. The van der Waals surface area contributed by atoms with Gasteiger partial charge in [0, 0.05) is 12.6 Å². The van der Waals surface area contributed by atoms with Crippen LogP contribution in [0.3, 0.4) is 0 Å². The lowest BCUT2D eigenvalue weighted by Crippen LogP contribution is -2.36. The summed E-state index contributed by atoms with van der Waals surface area (Å²) in [6.45, 7) is 4.32. The molecule has 7 nitrogen and oxygen atoms in total. The van der Waals surface area contributed by atoms with Gasteiger partial charge in [0.05, 0.1) is 11.0 Å². The molecule has 1 saturated heterocycles. The van der Waals surface area contributed by atoms with Crippen molar-refractivity contribution in [3.05, 3.63) is 33.9 Å². The van der Waals surface area contributed by atoms with E-state index in [-0.39, 0.29) is 11.8 Å². The zero-order valence-electron chi connectivity index (χ0n) is 12.2. The molecule has 0 aliphatic carbocycles. The normalized spacial score (nSPS) is 18.4. The van der Waals surface area contributed by atoms with Crippen LogP contribution in [0.4, 0.5) is 11.4 Å². The minimum atomic E-state index is -0.432. The Morgan fingerprint density at radius 3 is 2.71 bits per heavy atom. The van der Waals surface area contributed by atoms with Crippen molar-refractivity contribution in [3.8, 4) is 0 Å². The molecule has 21 heavy (non-hydrogen) atoms. The SMILES string of the molecule is CC(O)C1CCN(Cc2ccc(NN)c([N+](=O)[O-])c2)CC1. The molecule has 4 N–H and O–H groups in total. The highest BCUT2D eigenvalue weighted by atomic mass is 16.6. The summed E-state index contributed by atoms with van der Waals surface area (Å²) in [5.41, 5.74) is 3.55. The summed E-state index contributed by atoms with van der Waals surface area (Å²) in [4.78, 5) is 12.8. The minimum Gasteiger partial charge on any atom is -0.393 e. The van der Waals surface area contributed by atoms with Gasteiger partial charge in [-0.3, -0.25) is 20.9 Å². The van der Waals surface area contributed by atoms with Crippen LogP contribution in [0, 0.1) is 16.0 Å². The van der Waals surface area contributed by atoms with Gasteiger partial charge < -0.3 is 10.5 Å². The monoisotopic (exact) mass is 294 g/mol. The number of hydrogen-bond donors (Lipinski definition) is 3. The zero-order chi connectivity index (χ0) is 15.4.